The Morgan fingerprint density at radius 2 is 2.05 bits per heavy atom. The molecule has 6 heteroatoms. The Hall–Kier alpha value is -0.950. The Morgan fingerprint density at radius 3 is 2.71 bits per heavy atom. The summed E-state index contributed by atoms with van der Waals surface area (Å²) in [5, 5.41) is 3.36. The monoisotopic (exact) mass is 312 g/mol. The van der Waals surface area contributed by atoms with Crippen LogP contribution in [-0.2, 0) is 21.3 Å². The third kappa shape index (κ3) is 5.07. The molecule has 2 rings (SSSR count). The molecule has 0 spiro atoms. The van der Waals surface area contributed by atoms with Gasteiger partial charge in [-0.15, -0.1) is 0 Å². The van der Waals surface area contributed by atoms with Crippen molar-refractivity contribution in [2.45, 2.75) is 49.7 Å². The van der Waals surface area contributed by atoms with Crippen molar-refractivity contribution in [1.82, 2.24) is 10.0 Å². The van der Waals surface area contributed by atoms with Gasteiger partial charge in [0.05, 0.1) is 4.90 Å². The smallest absolute Gasteiger partial charge is 0.241 e. The fourth-order valence-electron chi connectivity index (χ4n) is 2.14. The Kier molecular flexibility index (Phi) is 5.75. The molecule has 1 atom stereocenters. The van der Waals surface area contributed by atoms with Gasteiger partial charge in [-0.2, -0.15) is 0 Å². The molecule has 1 fully saturated rings. The van der Waals surface area contributed by atoms with Gasteiger partial charge in [-0.25, -0.2) is 13.1 Å². The topological polar surface area (TPSA) is 67.4 Å². The first-order valence-corrected chi connectivity index (χ1v) is 8.84. The maximum atomic E-state index is 12.5. The van der Waals surface area contributed by atoms with Crippen LogP contribution in [0.15, 0.2) is 29.2 Å². The normalized spacial score (nSPS) is 16.9. The zero-order valence-corrected chi connectivity index (χ0v) is 13.4. The van der Waals surface area contributed by atoms with Gasteiger partial charge in [-0.1, -0.05) is 18.2 Å². The Bertz CT molecular complexity index is 556. The van der Waals surface area contributed by atoms with Gasteiger partial charge < -0.3 is 10.1 Å². The third-order valence-electron chi connectivity index (χ3n) is 3.53. The molecular weight excluding hydrogens is 288 g/mol. The average molecular weight is 312 g/mol. The van der Waals surface area contributed by atoms with Gasteiger partial charge in [-0.05, 0) is 37.8 Å². The summed E-state index contributed by atoms with van der Waals surface area (Å²) in [5.41, 5.74) is 0.816. The molecule has 0 heterocycles. The van der Waals surface area contributed by atoms with Gasteiger partial charge in [-0.3, -0.25) is 0 Å². The standard InChI is InChI=1S/C15H24N2O3S/c1-12(9-10-20-2)17-21(18,19)15-6-4-3-5-13(15)11-16-14-7-8-14/h3-6,12,14,16-17H,7-11H2,1-2H3. The SMILES string of the molecule is COCCC(C)NS(=O)(=O)c1ccccc1CNC1CC1. The van der Waals surface area contributed by atoms with E-state index in [0.29, 0.717) is 30.5 Å². The molecular formula is C15H24N2O3S. The second-order valence-corrected chi connectivity index (χ2v) is 7.25. The predicted octanol–water partition coefficient (Wildman–Crippen LogP) is 1.64. The van der Waals surface area contributed by atoms with Crippen LogP contribution in [0.4, 0.5) is 0 Å². The molecule has 0 amide bonds. The Labute approximate surface area is 127 Å². The van der Waals surface area contributed by atoms with Crippen molar-refractivity contribution in [1.29, 1.82) is 0 Å². The van der Waals surface area contributed by atoms with Crippen molar-refractivity contribution in [3.05, 3.63) is 29.8 Å². The summed E-state index contributed by atoms with van der Waals surface area (Å²) in [4.78, 5) is 0.363. The van der Waals surface area contributed by atoms with Gasteiger partial charge in [0.25, 0.3) is 0 Å². The van der Waals surface area contributed by atoms with Gasteiger partial charge in [0.15, 0.2) is 0 Å². The molecule has 21 heavy (non-hydrogen) atoms. The highest BCUT2D eigenvalue weighted by atomic mass is 32.2. The lowest BCUT2D eigenvalue weighted by Gasteiger charge is -2.16. The van der Waals surface area contributed by atoms with Crippen molar-refractivity contribution in [2.24, 2.45) is 0 Å². The van der Waals surface area contributed by atoms with E-state index in [9.17, 15) is 8.42 Å². The second kappa shape index (κ2) is 7.35. The molecule has 118 valence electrons. The van der Waals surface area contributed by atoms with E-state index in [0.717, 1.165) is 5.56 Å². The summed E-state index contributed by atoms with van der Waals surface area (Å²) in [7, 11) is -1.88. The van der Waals surface area contributed by atoms with E-state index in [1.165, 1.54) is 12.8 Å². The summed E-state index contributed by atoms with van der Waals surface area (Å²) in [5.74, 6) is 0. The number of benzene rings is 1. The fraction of sp³-hybridized carbons (Fsp3) is 0.600. The van der Waals surface area contributed by atoms with Crippen LogP contribution in [0.5, 0.6) is 0 Å². The van der Waals surface area contributed by atoms with Crippen LogP contribution in [-0.4, -0.2) is 34.2 Å². The van der Waals surface area contributed by atoms with E-state index in [2.05, 4.69) is 10.0 Å². The first-order chi connectivity index (χ1) is 10.0. The summed E-state index contributed by atoms with van der Waals surface area (Å²) < 4.78 is 32.7. The van der Waals surface area contributed by atoms with Crippen molar-refractivity contribution >= 4 is 10.0 Å². The van der Waals surface area contributed by atoms with Crippen molar-refractivity contribution in [3.63, 3.8) is 0 Å². The fourth-order valence-corrected chi connectivity index (χ4v) is 3.65. The highest BCUT2D eigenvalue weighted by Gasteiger charge is 2.23. The molecule has 0 aliphatic heterocycles. The quantitative estimate of drug-likeness (QED) is 0.727. The molecule has 0 saturated heterocycles. The molecule has 0 aromatic heterocycles. The van der Waals surface area contributed by atoms with Crippen LogP contribution in [0.3, 0.4) is 0 Å². The number of methoxy groups -OCH3 is 1. The van der Waals surface area contributed by atoms with Crippen LogP contribution < -0.4 is 10.0 Å². The molecule has 1 aliphatic rings. The Balaban J connectivity index is 2.06. The van der Waals surface area contributed by atoms with E-state index in [1.807, 2.05) is 19.1 Å². The zero-order valence-electron chi connectivity index (χ0n) is 12.6. The molecule has 5 nitrogen and oxygen atoms in total. The van der Waals surface area contributed by atoms with Crippen LogP contribution in [0, 0.1) is 0 Å². The van der Waals surface area contributed by atoms with Gasteiger partial charge in [0.2, 0.25) is 10.0 Å². The van der Waals surface area contributed by atoms with Crippen LogP contribution in [0.1, 0.15) is 31.7 Å². The summed E-state index contributed by atoms with van der Waals surface area (Å²) >= 11 is 0. The number of hydrogen-bond donors (Lipinski definition) is 2. The van der Waals surface area contributed by atoms with Crippen LogP contribution >= 0.6 is 0 Å². The average Bonchev–Trinajstić information content (AvgIpc) is 3.27. The second-order valence-electron chi connectivity index (χ2n) is 5.57. The van der Waals surface area contributed by atoms with Gasteiger partial charge in [0, 0.05) is 32.3 Å². The molecule has 0 radical (unpaired) electrons. The first-order valence-electron chi connectivity index (χ1n) is 7.35. The van der Waals surface area contributed by atoms with Gasteiger partial charge in [0.1, 0.15) is 0 Å². The van der Waals surface area contributed by atoms with E-state index < -0.39 is 10.0 Å². The molecule has 1 aromatic rings. The highest BCUT2D eigenvalue weighted by molar-refractivity contribution is 7.89. The number of nitrogens with one attached hydrogen (secondary N) is 2. The number of hydrogen-bond acceptors (Lipinski definition) is 4. The van der Waals surface area contributed by atoms with E-state index >= 15 is 0 Å². The molecule has 0 bridgehead atoms. The van der Waals surface area contributed by atoms with Crippen molar-refractivity contribution < 1.29 is 13.2 Å². The molecule has 1 saturated carbocycles. The lowest BCUT2D eigenvalue weighted by atomic mass is 10.2. The minimum atomic E-state index is -3.49. The lowest BCUT2D eigenvalue weighted by Crippen LogP contribution is -2.34. The summed E-state index contributed by atoms with van der Waals surface area (Å²) in [6, 6.07) is 7.56. The zero-order chi connectivity index (χ0) is 15.3. The van der Waals surface area contributed by atoms with E-state index in [4.69, 9.17) is 4.74 Å². The summed E-state index contributed by atoms with van der Waals surface area (Å²) in [6.07, 6.45) is 3.01. The third-order valence-corrected chi connectivity index (χ3v) is 5.22. The number of sulfonamides is 1. The van der Waals surface area contributed by atoms with E-state index in [1.54, 1.807) is 19.2 Å². The maximum absolute atomic E-state index is 12.5. The predicted molar refractivity (Wildman–Crippen MR) is 82.6 cm³/mol. The highest BCUT2D eigenvalue weighted by Crippen LogP contribution is 2.21. The number of ether oxygens (including phenoxy) is 1. The minimum Gasteiger partial charge on any atom is -0.385 e. The molecule has 2 N–H and O–H groups in total. The molecule has 1 aromatic carbocycles. The van der Waals surface area contributed by atoms with Crippen molar-refractivity contribution in [2.75, 3.05) is 13.7 Å². The van der Waals surface area contributed by atoms with Crippen LogP contribution in [0.25, 0.3) is 0 Å². The maximum Gasteiger partial charge on any atom is 0.241 e. The summed E-state index contributed by atoms with van der Waals surface area (Å²) in [6.45, 7) is 2.98. The first kappa shape index (κ1) is 16.4. The lowest BCUT2D eigenvalue weighted by molar-refractivity contribution is 0.188. The van der Waals surface area contributed by atoms with Crippen molar-refractivity contribution in [3.8, 4) is 0 Å². The largest absolute Gasteiger partial charge is 0.385 e. The minimum absolute atomic E-state index is 0.153. The molecule has 1 aliphatic carbocycles. The van der Waals surface area contributed by atoms with Gasteiger partial charge >= 0.3 is 0 Å². The van der Waals surface area contributed by atoms with Crippen LogP contribution in [0.2, 0.25) is 0 Å². The van der Waals surface area contributed by atoms with E-state index in [-0.39, 0.29) is 6.04 Å². The molecule has 1 unspecified atom stereocenters. The Morgan fingerprint density at radius 1 is 1.33 bits per heavy atom. The number of rotatable bonds is 9.